The number of rotatable bonds is 5. The highest BCUT2D eigenvalue weighted by Gasteiger charge is 1.96. The fraction of sp³-hybridized carbons (Fsp3) is 0.625. The third-order valence-corrected chi connectivity index (χ3v) is 1.94. The lowest BCUT2D eigenvalue weighted by Gasteiger charge is -1.93. The normalized spacial score (nSPS) is 11.6. The smallest absolute Gasteiger partial charge is 0.330 e. The summed E-state index contributed by atoms with van der Waals surface area (Å²) in [6, 6.07) is 0. The van der Waals surface area contributed by atoms with E-state index in [1.807, 2.05) is 0 Å². The van der Waals surface area contributed by atoms with Crippen molar-refractivity contribution in [2.24, 2.45) is 0 Å². The van der Waals surface area contributed by atoms with E-state index in [1.54, 1.807) is 13.0 Å². The van der Waals surface area contributed by atoms with E-state index in [2.05, 4.69) is 15.9 Å². The van der Waals surface area contributed by atoms with Gasteiger partial charge in [0.1, 0.15) is 0 Å². The average molecular weight is 221 g/mol. The van der Waals surface area contributed by atoms with Crippen LogP contribution in [0.15, 0.2) is 11.6 Å². The van der Waals surface area contributed by atoms with Crippen LogP contribution in [0, 0.1) is 0 Å². The monoisotopic (exact) mass is 220 g/mol. The Morgan fingerprint density at radius 3 is 2.64 bits per heavy atom. The molecular weight excluding hydrogens is 208 g/mol. The van der Waals surface area contributed by atoms with E-state index in [0.717, 1.165) is 24.6 Å². The minimum atomic E-state index is -0.816. The number of carboxylic acids is 1. The number of carboxylic acid groups (broad SMARTS) is 1. The summed E-state index contributed by atoms with van der Waals surface area (Å²) in [5, 5.41) is 9.45. The van der Waals surface area contributed by atoms with E-state index in [-0.39, 0.29) is 0 Å². The number of alkyl halides is 1. The lowest BCUT2D eigenvalue weighted by molar-refractivity contribution is -0.132. The summed E-state index contributed by atoms with van der Waals surface area (Å²) in [4.78, 5) is 10.3. The molecule has 11 heavy (non-hydrogen) atoms. The summed E-state index contributed by atoms with van der Waals surface area (Å²) in [5.74, 6) is -0.816. The summed E-state index contributed by atoms with van der Waals surface area (Å²) in [5.41, 5.74) is 0.444. The molecule has 1 N–H and O–H groups in total. The topological polar surface area (TPSA) is 37.3 Å². The van der Waals surface area contributed by atoms with Crippen LogP contribution in [0.2, 0.25) is 0 Å². The van der Waals surface area contributed by atoms with Gasteiger partial charge in [0.25, 0.3) is 0 Å². The largest absolute Gasteiger partial charge is 0.478 e. The quantitative estimate of drug-likeness (QED) is 0.440. The van der Waals surface area contributed by atoms with Crippen molar-refractivity contribution in [3.8, 4) is 0 Å². The first-order valence-electron chi connectivity index (χ1n) is 3.64. The molecule has 0 amide bonds. The molecule has 0 rings (SSSR count). The predicted octanol–water partition coefficient (Wildman–Crippen LogP) is 2.58. The van der Waals surface area contributed by atoms with Crippen LogP contribution in [0.3, 0.4) is 0 Å². The molecule has 0 atom stereocenters. The van der Waals surface area contributed by atoms with Crippen molar-refractivity contribution >= 4 is 21.9 Å². The summed E-state index contributed by atoms with van der Waals surface area (Å²) in [7, 11) is 0. The van der Waals surface area contributed by atoms with Crippen LogP contribution >= 0.6 is 15.9 Å². The molecule has 64 valence electrons. The van der Waals surface area contributed by atoms with Gasteiger partial charge in [-0.05, 0) is 26.2 Å². The number of halogens is 1. The Kier molecular flexibility index (Phi) is 6.22. The van der Waals surface area contributed by atoms with Gasteiger partial charge in [0.15, 0.2) is 0 Å². The average Bonchev–Trinajstić information content (AvgIpc) is 1.97. The molecule has 0 aromatic heterocycles. The third-order valence-electron chi connectivity index (χ3n) is 1.38. The third kappa shape index (κ3) is 6.10. The van der Waals surface area contributed by atoms with Crippen LogP contribution in [0.1, 0.15) is 26.2 Å². The fourth-order valence-electron chi connectivity index (χ4n) is 0.645. The fourth-order valence-corrected chi connectivity index (χ4v) is 1.04. The molecule has 0 aliphatic heterocycles. The van der Waals surface area contributed by atoms with E-state index in [1.165, 1.54) is 0 Å². The number of allylic oxidation sites excluding steroid dienone is 1. The molecular formula is C8H13BrO2. The molecule has 0 saturated heterocycles. The number of carbonyl (C=O) groups is 1. The maximum atomic E-state index is 10.3. The van der Waals surface area contributed by atoms with Gasteiger partial charge in [-0.2, -0.15) is 0 Å². The van der Waals surface area contributed by atoms with Gasteiger partial charge < -0.3 is 5.11 Å². The lowest BCUT2D eigenvalue weighted by atomic mass is 10.2. The number of unbranched alkanes of at least 4 members (excludes halogenated alkanes) is 2. The van der Waals surface area contributed by atoms with Crippen LogP contribution in [-0.4, -0.2) is 16.4 Å². The molecule has 0 heterocycles. The maximum Gasteiger partial charge on any atom is 0.330 e. The summed E-state index contributed by atoms with van der Waals surface area (Å²) >= 11 is 3.31. The molecule has 0 aliphatic rings. The van der Waals surface area contributed by atoms with Gasteiger partial charge in [0.2, 0.25) is 0 Å². The molecule has 0 bridgehead atoms. The van der Waals surface area contributed by atoms with Crippen LogP contribution < -0.4 is 0 Å². The van der Waals surface area contributed by atoms with Crippen molar-refractivity contribution in [1.82, 2.24) is 0 Å². The minimum absolute atomic E-state index is 0.444. The molecule has 3 heteroatoms. The SMILES string of the molecule is C/C(=C\CCCCBr)C(=O)O. The Labute approximate surface area is 75.4 Å². The zero-order valence-electron chi connectivity index (χ0n) is 6.64. The Morgan fingerprint density at radius 1 is 1.55 bits per heavy atom. The van der Waals surface area contributed by atoms with E-state index in [0.29, 0.717) is 5.57 Å². The molecule has 0 saturated carbocycles. The van der Waals surface area contributed by atoms with Crippen molar-refractivity contribution in [1.29, 1.82) is 0 Å². The van der Waals surface area contributed by atoms with Gasteiger partial charge in [0, 0.05) is 10.9 Å². The summed E-state index contributed by atoms with van der Waals surface area (Å²) in [6.07, 6.45) is 4.79. The highest BCUT2D eigenvalue weighted by Crippen LogP contribution is 2.02. The molecule has 0 aromatic rings. The first-order valence-corrected chi connectivity index (χ1v) is 4.76. The van der Waals surface area contributed by atoms with Crippen molar-refractivity contribution < 1.29 is 9.90 Å². The first kappa shape index (κ1) is 10.7. The Morgan fingerprint density at radius 2 is 2.18 bits per heavy atom. The highest BCUT2D eigenvalue weighted by atomic mass is 79.9. The number of hydrogen-bond donors (Lipinski definition) is 1. The second kappa shape index (κ2) is 6.40. The molecule has 0 unspecified atom stereocenters. The minimum Gasteiger partial charge on any atom is -0.478 e. The molecule has 0 fully saturated rings. The summed E-state index contributed by atoms with van der Waals surface area (Å²) < 4.78 is 0. The molecule has 0 radical (unpaired) electrons. The van der Waals surface area contributed by atoms with Crippen LogP contribution in [0.4, 0.5) is 0 Å². The van der Waals surface area contributed by atoms with E-state index >= 15 is 0 Å². The van der Waals surface area contributed by atoms with Crippen LogP contribution in [-0.2, 0) is 4.79 Å². The lowest BCUT2D eigenvalue weighted by Crippen LogP contribution is -1.95. The molecule has 0 spiro atoms. The van der Waals surface area contributed by atoms with Crippen molar-refractivity contribution in [3.05, 3.63) is 11.6 Å². The second-order valence-corrected chi connectivity index (χ2v) is 3.17. The van der Waals surface area contributed by atoms with Gasteiger partial charge in [-0.25, -0.2) is 4.79 Å². The van der Waals surface area contributed by atoms with Crippen LogP contribution in [0.25, 0.3) is 0 Å². The standard InChI is InChI=1S/C8H13BrO2/c1-7(8(10)11)5-3-2-4-6-9/h5H,2-4,6H2,1H3,(H,10,11)/b7-5+. The van der Waals surface area contributed by atoms with Crippen molar-refractivity contribution in [2.75, 3.05) is 5.33 Å². The molecule has 2 nitrogen and oxygen atoms in total. The van der Waals surface area contributed by atoms with Gasteiger partial charge in [0.05, 0.1) is 0 Å². The zero-order chi connectivity index (χ0) is 8.69. The maximum absolute atomic E-state index is 10.3. The van der Waals surface area contributed by atoms with Gasteiger partial charge in [-0.1, -0.05) is 22.0 Å². The predicted molar refractivity (Wildman–Crippen MR) is 49.0 cm³/mol. The molecule has 0 aliphatic carbocycles. The number of hydrogen-bond acceptors (Lipinski definition) is 1. The Bertz CT molecular complexity index is 152. The van der Waals surface area contributed by atoms with E-state index in [4.69, 9.17) is 5.11 Å². The van der Waals surface area contributed by atoms with E-state index < -0.39 is 5.97 Å². The van der Waals surface area contributed by atoms with E-state index in [9.17, 15) is 4.79 Å². The number of aliphatic carboxylic acids is 1. The Hall–Kier alpha value is -0.310. The van der Waals surface area contributed by atoms with Crippen molar-refractivity contribution in [3.63, 3.8) is 0 Å². The van der Waals surface area contributed by atoms with Crippen LogP contribution in [0.5, 0.6) is 0 Å². The Balaban J connectivity index is 3.48. The first-order chi connectivity index (χ1) is 5.18. The van der Waals surface area contributed by atoms with Gasteiger partial charge in [-0.3, -0.25) is 0 Å². The second-order valence-electron chi connectivity index (χ2n) is 2.38. The summed E-state index contributed by atoms with van der Waals surface area (Å²) in [6.45, 7) is 1.62. The van der Waals surface area contributed by atoms with Crippen molar-refractivity contribution in [2.45, 2.75) is 26.2 Å². The van der Waals surface area contributed by atoms with Gasteiger partial charge in [-0.15, -0.1) is 0 Å². The molecule has 0 aromatic carbocycles. The van der Waals surface area contributed by atoms with Gasteiger partial charge >= 0.3 is 5.97 Å². The zero-order valence-corrected chi connectivity index (χ0v) is 8.23. The highest BCUT2D eigenvalue weighted by molar-refractivity contribution is 9.09.